The van der Waals surface area contributed by atoms with Crippen molar-refractivity contribution < 1.29 is 22.7 Å². The maximum atomic E-state index is 12.7. The van der Waals surface area contributed by atoms with E-state index in [9.17, 15) is 18.0 Å². The molecule has 0 unspecified atom stereocenters. The number of carbonyl (C=O) groups excluding carboxylic acids is 1. The van der Waals surface area contributed by atoms with Gasteiger partial charge in [0.2, 0.25) is 0 Å². The Morgan fingerprint density at radius 2 is 1.71 bits per heavy atom. The van der Waals surface area contributed by atoms with Crippen LogP contribution in [0.25, 0.3) is 0 Å². The third-order valence-corrected chi connectivity index (χ3v) is 4.14. The second kappa shape index (κ2) is 10.8. The number of hydrogen-bond donors (Lipinski definition) is 2. The van der Waals surface area contributed by atoms with E-state index in [0.717, 1.165) is 43.6 Å². The highest BCUT2D eigenvalue weighted by Crippen LogP contribution is 2.30. The van der Waals surface area contributed by atoms with Gasteiger partial charge in [-0.3, -0.25) is 0 Å². The van der Waals surface area contributed by atoms with Crippen LogP contribution in [0.5, 0.6) is 5.75 Å². The Labute approximate surface area is 167 Å². The number of ether oxygens (including phenoxy) is 1. The first-order valence-corrected chi connectivity index (χ1v) is 9.33. The predicted octanol–water partition coefficient (Wildman–Crippen LogP) is 6.12. The van der Waals surface area contributed by atoms with Crippen molar-refractivity contribution in [3.05, 3.63) is 59.1 Å². The van der Waals surface area contributed by atoms with Crippen LogP contribution in [0.4, 0.5) is 23.7 Å². The number of amides is 2. The van der Waals surface area contributed by atoms with E-state index in [1.165, 1.54) is 12.1 Å². The SMILES string of the molecule is O=C(NCCCCCCOc1ccc(Cl)cc1)Nc1cccc(C(F)(F)F)c1. The molecule has 0 fully saturated rings. The highest BCUT2D eigenvalue weighted by Gasteiger charge is 2.30. The third kappa shape index (κ3) is 8.08. The summed E-state index contributed by atoms with van der Waals surface area (Å²) in [7, 11) is 0. The van der Waals surface area contributed by atoms with Crippen molar-refractivity contribution in [1.29, 1.82) is 0 Å². The normalized spacial score (nSPS) is 11.1. The summed E-state index contributed by atoms with van der Waals surface area (Å²) in [4.78, 5) is 11.8. The number of alkyl halides is 3. The van der Waals surface area contributed by atoms with Gasteiger partial charge in [-0.25, -0.2) is 4.79 Å². The third-order valence-electron chi connectivity index (χ3n) is 3.89. The molecule has 0 saturated heterocycles. The lowest BCUT2D eigenvalue weighted by Crippen LogP contribution is -2.29. The van der Waals surface area contributed by atoms with Crippen LogP contribution in [0.2, 0.25) is 5.02 Å². The molecule has 2 aromatic rings. The summed E-state index contributed by atoms with van der Waals surface area (Å²) in [5.41, 5.74) is -0.696. The van der Waals surface area contributed by atoms with Crippen molar-refractivity contribution in [2.24, 2.45) is 0 Å². The van der Waals surface area contributed by atoms with Crippen LogP contribution in [-0.2, 0) is 6.18 Å². The smallest absolute Gasteiger partial charge is 0.416 e. The van der Waals surface area contributed by atoms with Gasteiger partial charge >= 0.3 is 12.2 Å². The Kier molecular flexibility index (Phi) is 8.44. The average molecular weight is 415 g/mol. The molecule has 0 bridgehead atoms. The van der Waals surface area contributed by atoms with Crippen LogP contribution in [0.15, 0.2) is 48.5 Å². The lowest BCUT2D eigenvalue weighted by molar-refractivity contribution is -0.137. The summed E-state index contributed by atoms with van der Waals surface area (Å²) in [6, 6.07) is 11.2. The zero-order valence-electron chi connectivity index (χ0n) is 15.2. The summed E-state index contributed by atoms with van der Waals surface area (Å²) in [6.07, 6.45) is -0.917. The summed E-state index contributed by atoms with van der Waals surface area (Å²) < 4.78 is 43.5. The molecule has 2 aromatic carbocycles. The van der Waals surface area contributed by atoms with Gasteiger partial charge in [-0.1, -0.05) is 30.5 Å². The van der Waals surface area contributed by atoms with Gasteiger partial charge in [0.05, 0.1) is 12.2 Å². The highest BCUT2D eigenvalue weighted by molar-refractivity contribution is 6.30. The van der Waals surface area contributed by atoms with Crippen molar-refractivity contribution in [2.75, 3.05) is 18.5 Å². The number of rotatable bonds is 9. The number of urea groups is 1. The minimum Gasteiger partial charge on any atom is -0.494 e. The molecule has 28 heavy (non-hydrogen) atoms. The zero-order chi connectivity index (χ0) is 20.4. The number of benzene rings is 2. The number of carbonyl (C=O) groups is 1. The zero-order valence-corrected chi connectivity index (χ0v) is 15.9. The largest absolute Gasteiger partial charge is 0.494 e. The predicted molar refractivity (Wildman–Crippen MR) is 104 cm³/mol. The molecule has 4 nitrogen and oxygen atoms in total. The number of nitrogens with one attached hydrogen (secondary N) is 2. The van der Waals surface area contributed by atoms with Crippen molar-refractivity contribution in [2.45, 2.75) is 31.9 Å². The van der Waals surface area contributed by atoms with E-state index in [0.29, 0.717) is 18.2 Å². The molecule has 0 atom stereocenters. The molecule has 2 rings (SSSR count). The number of anilines is 1. The molecule has 0 aliphatic rings. The maximum Gasteiger partial charge on any atom is 0.416 e. The van der Waals surface area contributed by atoms with E-state index in [1.54, 1.807) is 12.1 Å². The van der Waals surface area contributed by atoms with E-state index < -0.39 is 17.8 Å². The van der Waals surface area contributed by atoms with Gasteiger partial charge in [-0.05, 0) is 55.3 Å². The molecule has 0 spiro atoms. The lowest BCUT2D eigenvalue weighted by Gasteiger charge is -2.11. The Morgan fingerprint density at radius 1 is 1.00 bits per heavy atom. The van der Waals surface area contributed by atoms with Gasteiger partial charge in [0.25, 0.3) is 0 Å². The monoisotopic (exact) mass is 414 g/mol. The second-order valence-electron chi connectivity index (χ2n) is 6.18. The van der Waals surface area contributed by atoms with E-state index >= 15 is 0 Å². The second-order valence-corrected chi connectivity index (χ2v) is 6.61. The molecule has 0 radical (unpaired) electrons. The molecular weight excluding hydrogens is 393 g/mol. The molecule has 2 N–H and O–H groups in total. The van der Waals surface area contributed by atoms with E-state index in [4.69, 9.17) is 16.3 Å². The standard InChI is InChI=1S/C20H22ClF3N2O2/c21-16-8-10-18(11-9-16)28-13-4-2-1-3-12-25-19(27)26-17-7-5-6-15(14-17)20(22,23)24/h5-11,14H,1-4,12-13H2,(H2,25,26,27). The number of unbranched alkanes of at least 4 members (excludes halogenated alkanes) is 3. The van der Waals surface area contributed by atoms with E-state index in [-0.39, 0.29) is 5.69 Å². The highest BCUT2D eigenvalue weighted by atomic mass is 35.5. The molecule has 0 aliphatic carbocycles. The van der Waals surface area contributed by atoms with Gasteiger partial charge < -0.3 is 15.4 Å². The van der Waals surface area contributed by atoms with Crippen LogP contribution in [-0.4, -0.2) is 19.2 Å². The minimum atomic E-state index is -4.44. The number of hydrogen-bond acceptors (Lipinski definition) is 2. The average Bonchev–Trinajstić information content (AvgIpc) is 2.65. The first-order valence-electron chi connectivity index (χ1n) is 8.95. The van der Waals surface area contributed by atoms with Gasteiger partial charge in [0.15, 0.2) is 0 Å². The van der Waals surface area contributed by atoms with Crippen LogP contribution in [0.3, 0.4) is 0 Å². The molecule has 2 amide bonds. The van der Waals surface area contributed by atoms with Crippen LogP contribution < -0.4 is 15.4 Å². The summed E-state index contributed by atoms with van der Waals surface area (Å²) in [5.74, 6) is 0.775. The summed E-state index contributed by atoms with van der Waals surface area (Å²) >= 11 is 5.80. The fraction of sp³-hybridized carbons (Fsp3) is 0.350. The molecule has 8 heteroatoms. The minimum absolute atomic E-state index is 0.103. The van der Waals surface area contributed by atoms with Gasteiger partial charge in [-0.15, -0.1) is 0 Å². The Balaban J connectivity index is 1.55. The fourth-order valence-corrected chi connectivity index (χ4v) is 2.58. The number of halogens is 4. The Bertz CT molecular complexity index is 752. The quantitative estimate of drug-likeness (QED) is 0.485. The first kappa shape index (κ1) is 21.9. The maximum absolute atomic E-state index is 12.7. The van der Waals surface area contributed by atoms with E-state index in [1.807, 2.05) is 12.1 Å². The Morgan fingerprint density at radius 3 is 2.43 bits per heavy atom. The van der Waals surface area contributed by atoms with Crippen molar-refractivity contribution in [3.8, 4) is 5.75 Å². The molecule has 0 saturated carbocycles. The first-order chi connectivity index (χ1) is 13.3. The van der Waals surface area contributed by atoms with Crippen LogP contribution >= 0.6 is 11.6 Å². The fourth-order valence-electron chi connectivity index (χ4n) is 2.45. The molecule has 0 aliphatic heterocycles. The van der Waals surface area contributed by atoms with Crippen molar-refractivity contribution >= 4 is 23.3 Å². The molecule has 0 aromatic heterocycles. The van der Waals surface area contributed by atoms with Gasteiger partial charge in [0.1, 0.15) is 5.75 Å². The van der Waals surface area contributed by atoms with E-state index in [2.05, 4.69) is 10.6 Å². The van der Waals surface area contributed by atoms with Gasteiger partial charge in [0, 0.05) is 17.3 Å². The van der Waals surface area contributed by atoms with Crippen LogP contribution in [0.1, 0.15) is 31.2 Å². The van der Waals surface area contributed by atoms with Crippen LogP contribution in [0, 0.1) is 0 Å². The topological polar surface area (TPSA) is 50.4 Å². The van der Waals surface area contributed by atoms with Gasteiger partial charge in [-0.2, -0.15) is 13.2 Å². The van der Waals surface area contributed by atoms with Crippen molar-refractivity contribution in [3.63, 3.8) is 0 Å². The molecular formula is C20H22ClF3N2O2. The summed E-state index contributed by atoms with van der Waals surface area (Å²) in [6.45, 7) is 1.05. The summed E-state index contributed by atoms with van der Waals surface area (Å²) in [5, 5.41) is 5.71. The van der Waals surface area contributed by atoms with Crippen molar-refractivity contribution in [1.82, 2.24) is 5.32 Å². The lowest BCUT2D eigenvalue weighted by atomic mass is 10.2. The molecule has 0 heterocycles. The molecule has 152 valence electrons. The Hall–Kier alpha value is -2.41.